The van der Waals surface area contributed by atoms with Gasteiger partial charge in [0.15, 0.2) is 0 Å². The van der Waals surface area contributed by atoms with Gasteiger partial charge in [0.25, 0.3) is 5.91 Å². The molecule has 1 aromatic rings. The first-order valence-electron chi connectivity index (χ1n) is 7.03. The first-order chi connectivity index (χ1) is 9.18. The van der Waals surface area contributed by atoms with Crippen LogP contribution in [0, 0.1) is 0 Å². The van der Waals surface area contributed by atoms with Crippen molar-refractivity contribution >= 4 is 23.2 Å². The maximum absolute atomic E-state index is 12.3. The number of carbonyl (C=O) groups is 1. The highest BCUT2D eigenvalue weighted by molar-refractivity contribution is 6.34. The number of nitrogen functional groups attached to an aromatic ring is 1. The number of benzene rings is 1. The van der Waals surface area contributed by atoms with Crippen molar-refractivity contribution in [2.75, 3.05) is 5.73 Å². The Hall–Kier alpha value is -1.22. The largest absolute Gasteiger partial charge is 0.398 e. The van der Waals surface area contributed by atoms with E-state index >= 15 is 0 Å². The Morgan fingerprint density at radius 3 is 2.42 bits per heavy atom. The molecule has 0 heterocycles. The van der Waals surface area contributed by atoms with Crippen LogP contribution in [0.15, 0.2) is 18.2 Å². The molecule has 1 aromatic carbocycles. The second kappa shape index (κ2) is 6.80. The van der Waals surface area contributed by atoms with Crippen molar-refractivity contribution in [2.45, 2.75) is 51.0 Å². The summed E-state index contributed by atoms with van der Waals surface area (Å²) >= 11 is 6.06. The van der Waals surface area contributed by atoms with Crippen LogP contribution >= 0.6 is 11.6 Å². The summed E-state index contributed by atoms with van der Waals surface area (Å²) in [5, 5.41) is 3.50. The summed E-state index contributed by atoms with van der Waals surface area (Å²) in [7, 11) is 0. The van der Waals surface area contributed by atoms with Crippen LogP contribution in [-0.2, 0) is 0 Å². The monoisotopic (exact) mass is 280 g/mol. The maximum Gasteiger partial charge on any atom is 0.255 e. The molecule has 0 unspecified atom stereocenters. The highest BCUT2D eigenvalue weighted by Gasteiger charge is 2.18. The molecule has 3 nitrogen and oxygen atoms in total. The molecule has 0 bridgehead atoms. The number of anilines is 1. The van der Waals surface area contributed by atoms with Crippen LogP contribution in [-0.4, -0.2) is 11.9 Å². The minimum absolute atomic E-state index is 0.145. The van der Waals surface area contributed by atoms with Crippen molar-refractivity contribution in [3.8, 4) is 0 Å². The predicted molar refractivity (Wildman–Crippen MR) is 79.4 cm³/mol. The summed E-state index contributed by atoms with van der Waals surface area (Å²) in [6.45, 7) is 0. The van der Waals surface area contributed by atoms with Gasteiger partial charge < -0.3 is 11.1 Å². The Balaban J connectivity index is 2.03. The molecule has 1 aliphatic rings. The molecule has 0 spiro atoms. The quantitative estimate of drug-likeness (QED) is 0.811. The van der Waals surface area contributed by atoms with Gasteiger partial charge in [0.2, 0.25) is 0 Å². The van der Waals surface area contributed by atoms with E-state index in [2.05, 4.69) is 5.32 Å². The number of nitrogens with two attached hydrogens (primary N) is 1. The number of hydrogen-bond donors (Lipinski definition) is 2. The predicted octanol–water partition coefficient (Wildman–Crippen LogP) is 3.76. The van der Waals surface area contributed by atoms with E-state index in [0.717, 1.165) is 12.8 Å². The molecule has 1 saturated carbocycles. The third-order valence-corrected chi connectivity index (χ3v) is 4.03. The summed E-state index contributed by atoms with van der Waals surface area (Å²) in [6.07, 6.45) is 8.32. The highest BCUT2D eigenvalue weighted by Crippen LogP contribution is 2.23. The average molecular weight is 281 g/mol. The van der Waals surface area contributed by atoms with Gasteiger partial charge in [0, 0.05) is 11.7 Å². The number of halogens is 1. The minimum atomic E-state index is -0.145. The molecule has 104 valence electrons. The van der Waals surface area contributed by atoms with E-state index < -0.39 is 0 Å². The van der Waals surface area contributed by atoms with Crippen molar-refractivity contribution in [3.05, 3.63) is 28.8 Å². The van der Waals surface area contributed by atoms with E-state index in [1.165, 1.54) is 32.1 Å². The average Bonchev–Trinajstić information content (AvgIpc) is 2.32. The van der Waals surface area contributed by atoms with Crippen molar-refractivity contribution in [2.24, 2.45) is 0 Å². The molecule has 4 heteroatoms. The first kappa shape index (κ1) is 14.2. The van der Waals surface area contributed by atoms with Crippen molar-refractivity contribution in [1.82, 2.24) is 5.32 Å². The number of nitrogens with one attached hydrogen (secondary N) is 1. The lowest BCUT2D eigenvalue weighted by Gasteiger charge is -2.21. The van der Waals surface area contributed by atoms with Crippen LogP contribution in [0.25, 0.3) is 0 Å². The maximum atomic E-state index is 12.3. The third-order valence-electron chi connectivity index (χ3n) is 3.71. The normalized spacial score (nSPS) is 17.5. The number of carbonyl (C=O) groups excluding carboxylic acids is 1. The van der Waals surface area contributed by atoms with E-state index in [-0.39, 0.29) is 11.9 Å². The van der Waals surface area contributed by atoms with Gasteiger partial charge in [-0.3, -0.25) is 4.79 Å². The van der Waals surface area contributed by atoms with Gasteiger partial charge in [-0.05, 0) is 25.0 Å². The van der Waals surface area contributed by atoms with Crippen LogP contribution in [0.3, 0.4) is 0 Å². The molecule has 1 aliphatic carbocycles. The topological polar surface area (TPSA) is 55.1 Å². The second-order valence-electron chi connectivity index (χ2n) is 5.22. The summed E-state index contributed by atoms with van der Waals surface area (Å²) in [6, 6.07) is 5.41. The zero-order valence-electron chi connectivity index (χ0n) is 11.1. The van der Waals surface area contributed by atoms with Gasteiger partial charge >= 0.3 is 0 Å². The van der Waals surface area contributed by atoms with Gasteiger partial charge in [0.05, 0.1) is 10.6 Å². The van der Waals surface area contributed by atoms with E-state index in [9.17, 15) is 4.79 Å². The van der Waals surface area contributed by atoms with Crippen LogP contribution in [0.5, 0.6) is 0 Å². The molecular formula is C15H21ClN2O. The smallest absolute Gasteiger partial charge is 0.255 e. The Morgan fingerprint density at radius 2 is 1.79 bits per heavy atom. The zero-order chi connectivity index (χ0) is 13.7. The molecule has 1 fully saturated rings. The lowest BCUT2D eigenvalue weighted by Crippen LogP contribution is -2.35. The Kier molecular flexibility index (Phi) is 5.08. The SMILES string of the molecule is Nc1cccc(Cl)c1C(=O)NC1CCCCCCC1. The van der Waals surface area contributed by atoms with Gasteiger partial charge in [-0.2, -0.15) is 0 Å². The highest BCUT2D eigenvalue weighted by atomic mass is 35.5. The van der Waals surface area contributed by atoms with Gasteiger partial charge in [0.1, 0.15) is 0 Å². The summed E-state index contributed by atoms with van der Waals surface area (Å²) in [4.78, 5) is 12.3. The fraction of sp³-hybridized carbons (Fsp3) is 0.533. The summed E-state index contributed by atoms with van der Waals surface area (Å²) < 4.78 is 0. The van der Waals surface area contributed by atoms with Crippen LogP contribution in [0.4, 0.5) is 5.69 Å². The Labute approximate surface area is 119 Å². The lowest BCUT2D eigenvalue weighted by molar-refractivity contribution is 0.0931. The van der Waals surface area contributed by atoms with Crippen molar-refractivity contribution in [1.29, 1.82) is 0 Å². The Bertz CT molecular complexity index is 420. The molecular weight excluding hydrogens is 260 g/mol. The molecule has 0 aliphatic heterocycles. The molecule has 0 atom stereocenters. The molecule has 0 aromatic heterocycles. The number of hydrogen-bond acceptors (Lipinski definition) is 2. The second-order valence-corrected chi connectivity index (χ2v) is 5.63. The van der Waals surface area contributed by atoms with E-state index in [4.69, 9.17) is 17.3 Å². The van der Waals surface area contributed by atoms with Gasteiger partial charge in [-0.15, -0.1) is 0 Å². The van der Waals surface area contributed by atoms with Crippen LogP contribution < -0.4 is 11.1 Å². The zero-order valence-corrected chi connectivity index (χ0v) is 11.9. The van der Waals surface area contributed by atoms with Gasteiger partial charge in [-0.1, -0.05) is 49.8 Å². The number of rotatable bonds is 2. The Morgan fingerprint density at radius 1 is 1.16 bits per heavy atom. The van der Waals surface area contributed by atoms with E-state index in [1.807, 2.05) is 0 Å². The van der Waals surface area contributed by atoms with E-state index in [0.29, 0.717) is 16.3 Å². The molecule has 0 radical (unpaired) electrons. The van der Waals surface area contributed by atoms with Crippen molar-refractivity contribution < 1.29 is 4.79 Å². The minimum Gasteiger partial charge on any atom is -0.398 e. The first-order valence-corrected chi connectivity index (χ1v) is 7.41. The summed E-state index contributed by atoms with van der Waals surface area (Å²) in [5.41, 5.74) is 6.69. The fourth-order valence-corrected chi connectivity index (χ4v) is 2.91. The van der Waals surface area contributed by atoms with Crippen LogP contribution in [0.2, 0.25) is 5.02 Å². The van der Waals surface area contributed by atoms with Crippen molar-refractivity contribution in [3.63, 3.8) is 0 Å². The summed E-state index contributed by atoms with van der Waals surface area (Å²) in [5.74, 6) is -0.145. The lowest BCUT2D eigenvalue weighted by atomic mass is 9.96. The molecule has 0 saturated heterocycles. The molecule has 2 rings (SSSR count). The fourth-order valence-electron chi connectivity index (χ4n) is 2.64. The van der Waals surface area contributed by atoms with E-state index in [1.54, 1.807) is 18.2 Å². The molecule has 3 N–H and O–H groups in total. The molecule has 19 heavy (non-hydrogen) atoms. The number of amides is 1. The van der Waals surface area contributed by atoms with Gasteiger partial charge in [-0.25, -0.2) is 0 Å². The standard InChI is InChI=1S/C15H21ClN2O/c16-12-9-6-10-13(17)14(12)15(19)18-11-7-4-2-1-3-5-8-11/h6,9-11H,1-5,7-8,17H2,(H,18,19). The van der Waals surface area contributed by atoms with Crippen LogP contribution in [0.1, 0.15) is 55.3 Å². The molecule has 1 amide bonds. The third kappa shape index (κ3) is 3.87.